The molecular weight excluding hydrogens is 537 g/mol. The predicted octanol–water partition coefficient (Wildman–Crippen LogP) is 3.46. The number of imidazole rings is 1. The number of rotatable bonds is 10. The average molecular weight is 568 g/mol. The van der Waals surface area contributed by atoms with E-state index in [9.17, 15) is 14.0 Å². The van der Waals surface area contributed by atoms with Gasteiger partial charge >= 0.3 is 0 Å². The molecule has 2 aromatic carbocycles. The Morgan fingerprint density at radius 1 is 1.05 bits per heavy atom. The van der Waals surface area contributed by atoms with Gasteiger partial charge in [0.05, 0.1) is 23.3 Å². The summed E-state index contributed by atoms with van der Waals surface area (Å²) in [4.78, 5) is 40.4. The number of benzene rings is 2. The molecule has 0 saturated heterocycles. The van der Waals surface area contributed by atoms with Crippen LogP contribution in [0.1, 0.15) is 56.5 Å². The van der Waals surface area contributed by atoms with Crippen LogP contribution >= 0.6 is 0 Å². The van der Waals surface area contributed by atoms with Crippen molar-refractivity contribution in [3.05, 3.63) is 94.4 Å². The van der Waals surface area contributed by atoms with Crippen LogP contribution in [-0.2, 0) is 12.8 Å². The number of allylic oxidation sites excluding steroid dienone is 1. The molecule has 2 aromatic heterocycles. The Balaban J connectivity index is 1.07. The summed E-state index contributed by atoms with van der Waals surface area (Å²) in [6.07, 6.45) is 5.02. The van der Waals surface area contributed by atoms with E-state index in [4.69, 9.17) is 4.42 Å². The minimum absolute atomic E-state index is 0.0102. The molecule has 0 radical (unpaired) electrons. The van der Waals surface area contributed by atoms with Gasteiger partial charge in [0.25, 0.3) is 11.8 Å². The lowest BCUT2D eigenvalue weighted by Gasteiger charge is -2.09. The van der Waals surface area contributed by atoms with E-state index in [0.29, 0.717) is 50.2 Å². The van der Waals surface area contributed by atoms with Crippen LogP contribution in [0.2, 0.25) is 0 Å². The number of carbonyl (C=O) groups excluding carboxylic acids is 2. The van der Waals surface area contributed by atoms with E-state index in [2.05, 4.69) is 47.7 Å². The quantitative estimate of drug-likeness (QED) is 0.171. The van der Waals surface area contributed by atoms with Gasteiger partial charge in [-0.15, -0.1) is 0 Å². The van der Waals surface area contributed by atoms with Crippen molar-refractivity contribution in [3.8, 4) is 11.8 Å². The number of halogens is 1. The molecule has 3 heterocycles. The first kappa shape index (κ1) is 28.4. The smallest absolute Gasteiger partial charge is 0.273 e. The third-order valence-corrected chi connectivity index (χ3v) is 6.54. The zero-order chi connectivity index (χ0) is 29.3. The normalized spacial score (nSPS) is 12.7. The van der Waals surface area contributed by atoms with Crippen molar-refractivity contribution in [1.82, 2.24) is 30.9 Å². The molecule has 1 aliphatic rings. The van der Waals surface area contributed by atoms with Gasteiger partial charge in [-0.3, -0.25) is 14.6 Å². The Morgan fingerprint density at radius 3 is 2.71 bits per heavy atom. The number of hydrogen-bond donors (Lipinski definition) is 4. The van der Waals surface area contributed by atoms with E-state index < -0.39 is 5.91 Å². The van der Waals surface area contributed by atoms with Crippen molar-refractivity contribution < 1.29 is 18.4 Å². The lowest BCUT2D eigenvalue weighted by Crippen LogP contribution is -2.26. The van der Waals surface area contributed by atoms with Gasteiger partial charge in [-0.25, -0.2) is 14.4 Å². The molecule has 1 aliphatic heterocycles. The molecule has 0 spiro atoms. The molecule has 0 saturated carbocycles. The molecule has 0 fully saturated rings. The van der Waals surface area contributed by atoms with Crippen LogP contribution in [0.25, 0.3) is 11.0 Å². The van der Waals surface area contributed by atoms with Crippen LogP contribution in [0.3, 0.4) is 0 Å². The molecule has 0 unspecified atom stereocenters. The van der Waals surface area contributed by atoms with Crippen LogP contribution in [0, 0.1) is 11.8 Å². The fourth-order valence-corrected chi connectivity index (χ4v) is 4.32. The third-order valence-electron chi connectivity index (χ3n) is 6.54. The summed E-state index contributed by atoms with van der Waals surface area (Å²) in [5.74, 6) is 6.67. The highest BCUT2D eigenvalue weighted by atomic mass is 19.1. The second-order valence-electron chi connectivity index (χ2n) is 9.59. The molecule has 0 aliphatic carbocycles. The number of aromatic nitrogens is 3. The summed E-state index contributed by atoms with van der Waals surface area (Å²) in [6, 6.07) is 13.0. The lowest BCUT2D eigenvalue weighted by molar-refractivity contribution is 0.0947. The zero-order valence-electron chi connectivity index (χ0n) is 23.1. The highest BCUT2D eigenvalue weighted by molar-refractivity contribution is 5.94. The van der Waals surface area contributed by atoms with E-state index in [1.165, 1.54) is 6.26 Å². The van der Waals surface area contributed by atoms with E-state index in [1.807, 2.05) is 30.3 Å². The second-order valence-corrected chi connectivity index (χ2v) is 9.59. The molecule has 4 aromatic rings. The zero-order valence-corrected chi connectivity index (χ0v) is 23.1. The maximum absolute atomic E-state index is 13.8. The van der Waals surface area contributed by atoms with Gasteiger partial charge in [0, 0.05) is 62.3 Å². The molecule has 214 valence electrons. The van der Waals surface area contributed by atoms with Crippen molar-refractivity contribution in [3.63, 3.8) is 0 Å². The van der Waals surface area contributed by atoms with Crippen LogP contribution in [0.4, 0.5) is 4.39 Å². The SMILES string of the molecule is CNC(=O)c1cccc(C#Cc2ccc3nc(CCNCCc4nc(C(=O)NCC5=C(F)CCC=N5)co4)[nH]c3c2)c1. The number of aliphatic imine (C=N–C) groups is 1. The van der Waals surface area contributed by atoms with E-state index in [0.717, 1.165) is 28.0 Å². The number of hydrogen-bond acceptors (Lipinski definition) is 7. The van der Waals surface area contributed by atoms with Crippen LogP contribution in [0.15, 0.2) is 69.7 Å². The van der Waals surface area contributed by atoms with Crippen molar-refractivity contribution in [1.29, 1.82) is 0 Å². The first-order valence-electron chi connectivity index (χ1n) is 13.6. The average Bonchev–Trinajstić information content (AvgIpc) is 3.66. The first-order valence-corrected chi connectivity index (χ1v) is 13.6. The third kappa shape index (κ3) is 7.35. The summed E-state index contributed by atoms with van der Waals surface area (Å²) in [7, 11) is 1.60. The van der Waals surface area contributed by atoms with Crippen molar-refractivity contribution in [2.75, 3.05) is 26.7 Å². The number of aromatic amines is 1. The van der Waals surface area contributed by atoms with Gasteiger partial charge < -0.3 is 25.4 Å². The maximum atomic E-state index is 13.8. The Labute approximate surface area is 241 Å². The summed E-state index contributed by atoms with van der Waals surface area (Å²) in [5.41, 5.74) is 4.31. The molecule has 10 nitrogen and oxygen atoms in total. The minimum atomic E-state index is -0.437. The predicted molar refractivity (Wildman–Crippen MR) is 157 cm³/mol. The van der Waals surface area contributed by atoms with Gasteiger partial charge in [-0.1, -0.05) is 17.9 Å². The number of amides is 2. The minimum Gasteiger partial charge on any atom is -0.448 e. The Bertz CT molecular complexity index is 1720. The highest BCUT2D eigenvalue weighted by Crippen LogP contribution is 2.17. The van der Waals surface area contributed by atoms with E-state index in [1.54, 1.807) is 25.4 Å². The number of carbonyl (C=O) groups is 2. The Hall–Kier alpha value is -5.08. The summed E-state index contributed by atoms with van der Waals surface area (Å²) in [5, 5.41) is 8.57. The monoisotopic (exact) mass is 567 g/mol. The number of oxazole rings is 1. The van der Waals surface area contributed by atoms with Gasteiger partial charge in [0.2, 0.25) is 0 Å². The van der Waals surface area contributed by atoms with E-state index >= 15 is 0 Å². The van der Waals surface area contributed by atoms with Crippen molar-refractivity contribution in [2.24, 2.45) is 4.99 Å². The fourth-order valence-electron chi connectivity index (χ4n) is 4.32. The summed E-state index contributed by atoms with van der Waals surface area (Å²) in [6.45, 7) is 1.30. The van der Waals surface area contributed by atoms with Crippen LogP contribution in [0.5, 0.6) is 0 Å². The summed E-state index contributed by atoms with van der Waals surface area (Å²) >= 11 is 0. The number of H-pyrrole nitrogens is 1. The summed E-state index contributed by atoms with van der Waals surface area (Å²) < 4.78 is 19.2. The maximum Gasteiger partial charge on any atom is 0.273 e. The van der Waals surface area contributed by atoms with Crippen LogP contribution < -0.4 is 16.0 Å². The topological polar surface area (TPSA) is 137 Å². The van der Waals surface area contributed by atoms with Crippen LogP contribution in [-0.4, -0.2) is 59.7 Å². The second kappa shape index (κ2) is 13.5. The lowest BCUT2D eigenvalue weighted by atomic mass is 10.1. The van der Waals surface area contributed by atoms with Crippen molar-refractivity contribution in [2.45, 2.75) is 25.7 Å². The molecular formula is C31H30FN7O3. The van der Waals surface area contributed by atoms with Crippen molar-refractivity contribution >= 4 is 29.1 Å². The Morgan fingerprint density at radius 2 is 1.88 bits per heavy atom. The molecule has 5 rings (SSSR count). The molecule has 0 atom stereocenters. The van der Waals surface area contributed by atoms with E-state index in [-0.39, 0.29) is 29.7 Å². The van der Waals surface area contributed by atoms with Gasteiger partial charge in [-0.05, 0) is 42.8 Å². The fraction of sp³-hybridized carbons (Fsp3) is 0.258. The van der Waals surface area contributed by atoms with Gasteiger partial charge in [0.15, 0.2) is 11.6 Å². The number of nitrogens with one attached hydrogen (secondary N) is 4. The molecule has 4 N–H and O–H groups in total. The first-order chi connectivity index (χ1) is 20.5. The number of nitrogens with zero attached hydrogens (tertiary/aromatic N) is 3. The number of fused-ring (bicyclic) bond motifs is 1. The standard InChI is InChI=1S/C31H30FN7O3/c1-33-30(40)22-5-2-4-20(16-22)7-8-21-9-10-24-25(17-21)38-28(37-24)11-14-34-15-12-29-39-27(19-42-29)31(41)36-18-26-23(32)6-3-13-35-26/h2,4-5,9-10,13,16-17,19,34H,3,6,11-12,14-15,18H2,1H3,(H,33,40)(H,36,41)(H,37,38). The van der Waals surface area contributed by atoms with Gasteiger partial charge in [0.1, 0.15) is 17.9 Å². The van der Waals surface area contributed by atoms with Gasteiger partial charge in [-0.2, -0.15) is 0 Å². The largest absolute Gasteiger partial charge is 0.448 e. The highest BCUT2D eigenvalue weighted by Gasteiger charge is 2.15. The molecule has 42 heavy (non-hydrogen) atoms. The Kier molecular flexibility index (Phi) is 9.16. The molecule has 0 bridgehead atoms. The molecule has 2 amide bonds. The molecule has 11 heteroatoms.